The first-order chi connectivity index (χ1) is 9.24. The molecule has 0 radical (unpaired) electrons. The highest BCUT2D eigenvalue weighted by molar-refractivity contribution is 6.04. The number of rotatable bonds is 2. The second-order valence-electron chi connectivity index (χ2n) is 4.63. The third-order valence-corrected chi connectivity index (χ3v) is 3.50. The van der Waals surface area contributed by atoms with Crippen LogP contribution in [0.25, 0.3) is 22.3 Å². The summed E-state index contributed by atoms with van der Waals surface area (Å²) in [5.41, 5.74) is 4.57. The minimum absolute atomic E-state index is 0.708. The normalized spacial score (nSPS) is 10.8. The summed E-state index contributed by atoms with van der Waals surface area (Å²) in [4.78, 5) is 15.9. The van der Waals surface area contributed by atoms with Crippen molar-refractivity contribution in [3.8, 4) is 11.4 Å². The number of para-hydroxylation sites is 1. The van der Waals surface area contributed by atoms with Crippen LogP contribution in [0.5, 0.6) is 0 Å². The maximum absolute atomic E-state index is 11.5. The van der Waals surface area contributed by atoms with Crippen LogP contribution in [0.2, 0.25) is 0 Å². The summed E-state index contributed by atoms with van der Waals surface area (Å²) in [6.07, 6.45) is 2.68. The lowest BCUT2D eigenvalue weighted by molar-refractivity contribution is 0.112. The number of aromatic nitrogens is 2. The van der Waals surface area contributed by atoms with E-state index in [4.69, 9.17) is 0 Å². The quantitative estimate of drug-likeness (QED) is 0.654. The Morgan fingerprint density at radius 2 is 1.95 bits per heavy atom. The maximum Gasteiger partial charge on any atom is 0.152 e. The fourth-order valence-electron chi connectivity index (χ4n) is 2.56. The summed E-state index contributed by atoms with van der Waals surface area (Å²) in [5.74, 6) is 0. The highest BCUT2D eigenvalue weighted by atomic mass is 16.1. The molecule has 0 amide bonds. The van der Waals surface area contributed by atoms with E-state index in [2.05, 4.69) is 4.98 Å². The number of aldehydes is 1. The van der Waals surface area contributed by atoms with Crippen molar-refractivity contribution in [1.82, 2.24) is 9.55 Å². The molecule has 0 aliphatic rings. The molecule has 3 aromatic rings. The van der Waals surface area contributed by atoms with Gasteiger partial charge < -0.3 is 4.57 Å². The summed E-state index contributed by atoms with van der Waals surface area (Å²) in [6, 6.07) is 11.8. The molecule has 3 rings (SSSR count). The van der Waals surface area contributed by atoms with Gasteiger partial charge in [0.05, 0.1) is 11.4 Å². The van der Waals surface area contributed by atoms with Gasteiger partial charge in [0.25, 0.3) is 0 Å². The van der Waals surface area contributed by atoms with E-state index in [0.717, 1.165) is 34.1 Å². The van der Waals surface area contributed by atoms with Gasteiger partial charge in [-0.25, -0.2) is 0 Å². The average molecular weight is 250 g/mol. The van der Waals surface area contributed by atoms with Gasteiger partial charge >= 0.3 is 0 Å². The number of hydrogen-bond donors (Lipinski definition) is 0. The Balaban J connectivity index is 2.45. The van der Waals surface area contributed by atoms with Crippen molar-refractivity contribution in [2.45, 2.75) is 6.92 Å². The van der Waals surface area contributed by atoms with E-state index >= 15 is 0 Å². The van der Waals surface area contributed by atoms with Crippen LogP contribution in [-0.4, -0.2) is 15.8 Å². The van der Waals surface area contributed by atoms with Crippen LogP contribution in [0.3, 0.4) is 0 Å². The molecule has 3 nitrogen and oxygen atoms in total. The highest BCUT2D eigenvalue weighted by Gasteiger charge is 2.17. The summed E-state index contributed by atoms with van der Waals surface area (Å²) in [6.45, 7) is 2.01. The lowest BCUT2D eigenvalue weighted by atomic mass is 10.1. The lowest BCUT2D eigenvalue weighted by Gasteiger charge is -2.07. The van der Waals surface area contributed by atoms with E-state index in [0.29, 0.717) is 5.56 Å². The van der Waals surface area contributed by atoms with Crippen molar-refractivity contribution < 1.29 is 4.79 Å². The molecular weight excluding hydrogens is 236 g/mol. The molecule has 0 aliphatic heterocycles. The molecule has 1 aromatic carbocycles. The van der Waals surface area contributed by atoms with E-state index < -0.39 is 0 Å². The van der Waals surface area contributed by atoms with Crippen LogP contribution in [0, 0.1) is 6.92 Å². The Hall–Kier alpha value is -2.42. The van der Waals surface area contributed by atoms with Crippen molar-refractivity contribution in [3.05, 3.63) is 53.7 Å². The van der Waals surface area contributed by atoms with Crippen molar-refractivity contribution in [2.24, 2.45) is 7.05 Å². The van der Waals surface area contributed by atoms with Gasteiger partial charge in [-0.1, -0.05) is 24.3 Å². The van der Waals surface area contributed by atoms with Gasteiger partial charge in [-0.15, -0.1) is 0 Å². The molecular formula is C16H14N2O. The largest absolute Gasteiger partial charge is 0.342 e. The van der Waals surface area contributed by atoms with E-state index in [1.165, 1.54) is 0 Å². The number of pyridine rings is 1. The number of hydrogen-bond acceptors (Lipinski definition) is 2. The molecule has 0 aliphatic carbocycles. The topological polar surface area (TPSA) is 34.9 Å². The standard InChI is InChI=1S/C16H14N2O/c1-11-6-5-9-17-15(11)16-13(10-19)12-7-3-4-8-14(12)18(16)2/h3-10H,1-2H3. The first-order valence-electron chi connectivity index (χ1n) is 6.18. The Morgan fingerprint density at radius 3 is 2.68 bits per heavy atom. The molecule has 2 heterocycles. The van der Waals surface area contributed by atoms with Gasteiger partial charge in [0, 0.05) is 29.7 Å². The number of carbonyl (C=O) groups is 1. The minimum Gasteiger partial charge on any atom is -0.342 e. The first-order valence-corrected chi connectivity index (χ1v) is 6.18. The Morgan fingerprint density at radius 1 is 1.16 bits per heavy atom. The van der Waals surface area contributed by atoms with Crippen LogP contribution >= 0.6 is 0 Å². The molecule has 0 saturated carbocycles. The van der Waals surface area contributed by atoms with Gasteiger partial charge in [-0.2, -0.15) is 0 Å². The zero-order chi connectivity index (χ0) is 13.4. The molecule has 0 saturated heterocycles. The predicted molar refractivity (Wildman–Crippen MR) is 76.3 cm³/mol. The Bertz CT molecular complexity index is 772. The summed E-state index contributed by atoms with van der Waals surface area (Å²) in [7, 11) is 1.97. The van der Waals surface area contributed by atoms with Crippen LogP contribution in [0.1, 0.15) is 15.9 Å². The number of aryl methyl sites for hydroxylation is 2. The molecule has 0 spiro atoms. The molecule has 0 fully saturated rings. The zero-order valence-corrected chi connectivity index (χ0v) is 10.9. The SMILES string of the molecule is Cc1cccnc1-c1c(C=O)c2ccccc2n1C. The molecule has 19 heavy (non-hydrogen) atoms. The first kappa shape index (κ1) is 11.7. The lowest BCUT2D eigenvalue weighted by Crippen LogP contribution is -1.97. The second-order valence-corrected chi connectivity index (χ2v) is 4.63. The van der Waals surface area contributed by atoms with E-state index in [1.807, 2.05) is 54.9 Å². The van der Waals surface area contributed by atoms with Crippen LogP contribution < -0.4 is 0 Å². The molecule has 0 N–H and O–H groups in total. The molecule has 0 unspecified atom stereocenters. The zero-order valence-electron chi connectivity index (χ0n) is 10.9. The summed E-state index contributed by atoms with van der Waals surface area (Å²) in [5, 5.41) is 0.972. The van der Waals surface area contributed by atoms with Crippen LogP contribution in [0.15, 0.2) is 42.6 Å². The molecule has 3 heteroatoms. The third kappa shape index (κ3) is 1.66. The van der Waals surface area contributed by atoms with E-state index in [1.54, 1.807) is 6.20 Å². The van der Waals surface area contributed by atoms with Gasteiger partial charge in [0.2, 0.25) is 0 Å². The van der Waals surface area contributed by atoms with Gasteiger partial charge in [-0.05, 0) is 24.6 Å². The predicted octanol–water partition coefficient (Wildman–Crippen LogP) is 3.36. The second kappa shape index (κ2) is 4.35. The van der Waals surface area contributed by atoms with Crippen molar-refractivity contribution in [3.63, 3.8) is 0 Å². The van der Waals surface area contributed by atoms with E-state index in [-0.39, 0.29) is 0 Å². The summed E-state index contributed by atoms with van der Waals surface area (Å²) < 4.78 is 2.04. The van der Waals surface area contributed by atoms with Gasteiger partial charge in [-0.3, -0.25) is 9.78 Å². The fraction of sp³-hybridized carbons (Fsp3) is 0.125. The number of fused-ring (bicyclic) bond motifs is 1. The average Bonchev–Trinajstić information content (AvgIpc) is 2.73. The third-order valence-electron chi connectivity index (χ3n) is 3.50. The smallest absolute Gasteiger partial charge is 0.152 e. The Labute approximate surface area is 111 Å². The summed E-state index contributed by atoms with van der Waals surface area (Å²) >= 11 is 0. The van der Waals surface area contributed by atoms with Gasteiger partial charge in [0.1, 0.15) is 0 Å². The number of nitrogens with zero attached hydrogens (tertiary/aromatic N) is 2. The van der Waals surface area contributed by atoms with Crippen molar-refractivity contribution >= 4 is 17.2 Å². The number of benzene rings is 1. The minimum atomic E-state index is 0.708. The van der Waals surface area contributed by atoms with Crippen molar-refractivity contribution in [1.29, 1.82) is 0 Å². The van der Waals surface area contributed by atoms with Crippen molar-refractivity contribution in [2.75, 3.05) is 0 Å². The monoisotopic (exact) mass is 250 g/mol. The Kier molecular flexibility index (Phi) is 2.67. The van der Waals surface area contributed by atoms with Crippen LogP contribution in [0.4, 0.5) is 0 Å². The maximum atomic E-state index is 11.5. The molecule has 0 bridgehead atoms. The van der Waals surface area contributed by atoms with Gasteiger partial charge in [0.15, 0.2) is 6.29 Å². The molecule has 0 atom stereocenters. The molecule has 2 aromatic heterocycles. The highest BCUT2D eigenvalue weighted by Crippen LogP contribution is 2.32. The van der Waals surface area contributed by atoms with Crippen LogP contribution in [-0.2, 0) is 7.05 Å². The molecule has 94 valence electrons. The van der Waals surface area contributed by atoms with E-state index in [9.17, 15) is 4.79 Å². The fourth-order valence-corrected chi connectivity index (χ4v) is 2.56. The number of carbonyl (C=O) groups excluding carboxylic acids is 1.